The van der Waals surface area contributed by atoms with E-state index in [9.17, 15) is 9.59 Å². The quantitative estimate of drug-likeness (QED) is 0.622. The van der Waals surface area contributed by atoms with Crippen LogP contribution in [0.25, 0.3) is 0 Å². The average molecular weight is 455 g/mol. The number of carbonyl (C=O) groups excluding carboxylic acids is 2. The molecule has 1 aliphatic rings. The molecule has 33 heavy (non-hydrogen) atoms. The molecule has 7 nitrogen and oxygen atoms in total. The van der Waals surface area contributed by atoms with E-state index in [4.69, 9.17) is 14.2 Å². The third-order valence-corrected chi connectivity index (χ3v) is 5.50. The molecular formula is C26H34N2O5. The first kappa shape index (κ1) is 24.4. The standard InChI is InChI=1S/C26H34N2O5/c1-26(2,3)33-24(29)27-16-17-28(25(30)32-19-21-8-6-5-7-9-21)22(18-27)13-10-20-11-14-23(31-4)15-12-20/h5-9,11-12,14-15,22H,10,13,16-19H2,1-4H3. The van der Waals surface area contributed by atoms with Crippen LogP contribution in [0.5, 0.6) is 5.75 Å². The second-order valence-electron chi connectivity index (χ2n) is 9.20. The van der Waals surface area contributed by atoms with E-state index in [1.807, 2.05) is 75.4 Å². The van der Waals surface area contributed by atoms with Crippen LogP contribution >= 0.6 is 0 Å². The summed E-state index contributed by atoms with van der Waals surface area (Å²) >= 11 is 0. The van der Waals surface area contributed by atoms with E-state index in [1.165, 1.54) is 0 Å². The molecule has 0 N–H and O–H groups in total. The Morgan fingerprint density at radius 3 is 2.27 bits per heavy atom. The molecule has 7 heteroatoms. The van der Waals surface area contributed by atoms with Crippen LogP contribution in [-0.2, 0) is 22.5 Å². The Bertz CT molecular complexity index is 909. The topological polar surface area (TPSA) is 68.3 Å². The van der Waals surface area contributed by atoms with Gasteiger partial charge in [0.15, 0.2) is 0 Å². The van der Waals surface area contributed by atoms with Crippen LogP contribution in [0, 0.1) is 0 Å². The number of rotatable bonds is 6. The minimum absolute atomic E-state index is 0.170. The third-order valence-electron chi connectivity index (χ3n) is 5.50. The molecule has 2 aromatic carbocycles. The predicted molar refractivity (Wildman–Crippen MR) is 126 cm³/mol. The first-order chi connectivity index (χ1) is 15.7. The van der Waals surface area contributed by atoms with E-state index in [1.54, 1.807) is 16.9 Å². The lowest BCUT2D eigenvalue weighted by Crippen LogP contribution is -2.57. The average Bonchev–Trinajstić information content (AvgIpc) is 2.81. The third kappa shape index (κ3) is 7.41. The van der Waals surface area contributed by atoms with Crippen LogP contribution in [-0.4, -0.2) is 60.4 Å². The van der Waals surface area contributed by atoms with Crippen molar-refractivity contribution in [1.29, 1.82) is 0 Å². The van der Waals surface area contributed by atoms with Gasteiger partial charge in [-0.3, -0.25) is 0 Å². The highest BCUT2D eigenvalue weighted by molar-refractivity contribution is 5.71. The molecule has 0 radical (unpaired) electrons. The van der Waals surface area contributed by atoms with Gasteiger partial charge in [0.1, 0.15) is 18.0 Å². The van der Waals surface area contributed by atoms with E-state index in [-0.39, 0.29) is 24.8 Å². The number of hydrogen-bond donors (Lipinski definition) is 0. The number of benzene rings is 2. The van der Waals surface area contributed by atoms with E-state index in [0.29, 0.717) is 26.1 Å². The molecule has 0 spiro atoms. The fourth-order valence-electron chi connectivity index (χ4n) is 3.76. The molecule has 0 saturated carbocycles. The maximum atomic E-state index is 12.9. The molecule has 1 heterocycles. The van der Waals surface area contributed by atoms with E-state index in [0.717, 1.165) is 23.3 Å². The highest BCUT2D eigenvalue weighted by atomic mass is 16.6. The van der Waals surface area contributed by atoms with E-state index >= 15 is 0 Å². The summed E-state index contributed by atoms with van der Waals surface area (Å²) in [4.78, 5) is 29.0. The van der Waals surface area contributed by atoms with Gasteiger partial charge in [0.05, 0.1) is 13.2 Å². The Morgan fingerprint density at radius 2 is 1.64 bits per heavy atom. The zero-order chi connectivity index (χ0) is 23.8. The molecule has 2 aromatic rings. The van der Waals surface area contributed by atoms with Gasteiger partial charge in [-0.1, -0.05) is 42.5 Å². The summed E-state index contributed by atoms with van der Waals surface area (Å²) < 4.78 is 16.4. The summed E-state index contributed by atoms with van der Waals surface area (Å²) in [7, 11) is 1.64. The van der Waals surface area contributed by atoms with Crippen LogP contribution in [0.4, 0.5) is 9.59 Å². The Kier molecular flexibility index (Phi) is 8.20. The number of methoxy groups -OCH3 is 1. The van der Waals surface area contributed by atoms with Gasteiger partial charge in [-0.15, -0.1) is 0 Å². The van der Waals surface area contributed by atoms with Gasteiger partial charge in [-0.2, -0.15) is 0 Å². The van der Waals surface area contributed by atoms with Crippen LogP contribution in [0.1, 0.15) is 38.3 Å². The highest BCUT2D eigenvalue weighted by Gasteiger charge is 2.35. The minimum atomic E-state index is -0.568. The van der Waals surface area contributed by atoms with E-state index < -0.39 is 5.60 Å². The van der Waals surface area contributed by atoms with Crippen molar-refractivity contribution in [3.8, 4) is 5.75 Å². The first-order valence-corrected chi connectivity index (χ1v) is 11.3. The molecule has 0 bridgehead atoms. The van der Waals surface area contributed by atoms with Crippen molar-refractivity contribution < 1.29 is 23.8 Å². The highest BCUT2D eigenvalue weighted by Crippen LogP contribution is 2.21. The monoisotopic (exact) mass is 454 g/mol. The van der Waals surface area contributed by atoms with Gasteiger partial charge in [-0.25, -0.2) is 9.59 Å². The molecular weight excluding hydrogens is 420 g/mol. The fraction of sp³-hybridized carbons (Fsp3) is 0.462. The minimum Gasteiger partial charge on any atom is -0.497 e. The van der Waals surface area contributed by atoms with Crippen molar-refractivity contribution in [1.82, 2.24) is 9.80 Å². The normalized spacial score (nSPS) is 16.3. The fourth-order valence-corrected chi connectivity index (χ4v) is 3.76. The number of nitrogens with zero attached hydrogens (tertiary/aromatic N) is 2. The van der Waals surface area contributed by atoms with E-state index in [2.05, 4.69) is 0 Å². The van der Waals surface area contributed by atoms with Crippen LogP contribution in [0.15, 0.2) is 54.6 Å². The SMILES string of the molecule is COc1ccc(CCC2CN(C(=O)OC(C)(C)C)CCN2C(=O)OCc2ccccc2)cc1. The first-order valence-electron chi connectivity index (χ1n) is 11.3. The molecule has 0 aromatic heterocycles. The van der Waals surface area contributed by atoms with Gasteiger partial charge in [0.25, 0.3) is 0 Å². The van der Waals surface area contributed by atoms with Crippen molar-refractivity contribution in [2.45, 2.75) is 51.9 Å². The molecule has 178 valence electrons. The van der Waals surface area contributed by atoms with Gasteiger partial charge in [0.2, 0.25) is 0 Å². The molecule has 2 amide bonds. The summed E-state index contributed by atoms with van der Waals surface area (Å²) in [6.07, 6.45) is 0.752. The van der Waals surface area contributed by atoms with Crippen molar-refractivity contribution in [3.05, 3.63) is 65.7 Å². The molecule has 1 unspecified atom stereocenters. The number of ether oxygens (including phenoxy) is 3. The summed E-state index contributed by atoms with van der Waals surface area (Å²) in [5.74, 6) is 0.804. The van der Waals surface area contributed by atoms with Gasteiger partial charge < -0.3 is 24.0 Å². The Morgan fingerprint density at radius 1 is 0.939 bits per heavy atom. The summed E-state index contributed by atoms with van der Waals surface area (Å²) in [5, 5.41) is 0. The molecule has 1 saturated heterocycles. The smallest absolute Gasteiger partial charge is 0.410 e. The van der Waals surface area contributed by atoms with Crippen molar-refractivity contribution in [3.63, 3.8) is 0 Å². The Hall–Kier alpha value is -3.22. The number of hydrogen-bond acceptors (Lipinski definition) is 5. The maximum Gasteiger partial charge on any atom is 0.410 e. The van der Waals surface area contributed by atoms with Crippen LogP contribution in [0.2, 0.25) is 0 Å². The number of aryl methyl sites for hydroxylation is 1. The Balaban J connectivity index is 1.66. The number of piperazine rings is 1. The zero-order valence-electron chi connectivity index (χ0n) is 20.0. The lowest BCUT2D eigenvalue weighted by molar-refractivity contribution is 0.000184. The summed E-state index contributed by atoms with van der Waals surface area (Å²) in [6.45, 7) is 6.99. The van der Waals surface area contributed by atoms with Crippen LogP contribution < -0.4 is 4.74 Å². The molecule has 1 aliphatic heterocycles. The van der Waals surface area contributed by atoms with Crippen molar-refractivity contribution in [2.24, 2.45) is 0 Å². The lowest BCUT2D eigenvalue weighted by atomic mass is 10.0. The second kappa shape index (κ2) is 11.1. The molecule has 1 atom stereocenters. The van der Waals surface area contributed by atoms with Gasteiger partial charge in [0, 0.05) is 19.6 Å². The maximum absolute atomic E-state index is 12.9. The second-order valence-corrected chi connectivity index (χ2v) is 9.20. The van der Waals surface area contributed by atoms with Crippen molar-refractivity contribution >= 4 is 12.2 Å². The number of carbonyl (C=O) groups is 2. The van der Waals surface area contributed by atoms with Crippen LogP contribution in [0.3, 0.4) is 0 Å². The summed E-state index contributed by atoms with van der Waals surface area (Å²) in [5.41, 5.74) is 1.51. The van der Waals surface area contributed by atoms with Crippen molar-refractivity contribution in [2.75, 3.05) is 26.7 Å². The summed E-state index contributed by atoms with van der Waals surface area (Å²) in [6, 6.07) is 17.3. The predicted octanol–water partition coefficient (Wildman–Crippen LogP) is 4.89. The lowest BCUT2D eigenvalue weighted by Gasteiger charge is -2.41. The zero-order valence-corrected chi connectivity index (χ0v) is 20.0. The Labute approximate surface area is 196 Å². The molecule has 3 rings (SSSR count). The van der Waals surface area contributed by atoms with Gasteiger partial charge >= 0.3 is 12.2 Å². The molecule has 1 fully saturated rings. The number of amides is 2. The van der Waals surface area contributed by atoms with Gasteiger partial charge in [-0.05, 0) is 56.9 Å². The largest absolute Gasteiger partial charge is 0.497 e. The molecule has 0 aliphatic carbocycles.